The van der Waals surface area contributed by atoms with Crippen molar-refractivity contribution in [2.24, 2.45) is 0 Å². The summed E-state index contributed by atoms with van der Waals surface area (Å²) < 4.78 is 39.8. The molecule has 1 amide bonds. The van der Waals surface area contributed by atoms with Crippen molar-refractivity contribution in [3.63, 3.8) is 0 Å². The maximum atomic E-state index is 13.7. The minimum absolute atomic E-state index is 0.380. The molecule has 0 aliphatic rings. The lowest BCUT2D eigenvalue weighted by atomic mass is 10.1. The summed E-state index contributed by atoms with van der Waals surface area (Å²) in [6.07, 6.45) is 0. The van der Waals surface area contributed by atoms with Gasteiger partial charge in [0.2, 0.25) is 5.91 Å². The van der Waals surface area contributed by atoms with Crippen LogP contribution in [0, 0.1) is 17.5 Å². The van der Waals surface area contributed by atoms with E-state index < -0.39 is 28.6 Å². The van der Waals surface area contributed by atoms with E-state index in [0.717, 1.165) is 27.8 Å². The van der Waals surface area contributed by atoms with Gasteiger partial charge in [0.15, 0.2) is 17.5 Å². The molecule has 6 heteroatoms. The van der Waals surface area contributed by atoms with Crippen LogP contribution in [0.1, 0.15) is 6.92 Å². The van der Waals surface area contributed by atoms with Crippen molar-refractivity contribution in [3.05, 3.63) is 72.0 Å². The second-order valence-electron chi connectivity index (χ2n) is 5.48. The molecule has 3 aromatic carbocycles. The zero-order valence-electron chi connectivity index (χ0n) is 13.2. The number of benzene rings is 3. The van der Waals surface area contributed by atoms with Gasteiger partial charge in [0.25, 0.3) is 0 Å². The van der Waals surface area contributed by atoms with Crippen LogP contribution >= 0.6 is 11.8 Å². The number of carbonyl (C=O) groups is 1. The molecule has 0 fully saturated rings. The number of hydrogen-bond acceptors (Lipinski definition) is 2. The van der Waals surface area contributed by atoms with Crippen LogP contribution in [-0.2, 0) is 4.79 Å². The zero-order chi connectivity index (χ0) is 18.0. The Morgan fingerprint density at radius 3 is 2.44 bits per heavy atom. The van der Waals surface area contributed by atoms with Gasteiger partial charge in [-0.05, 0) is 42.0 Å². The molecule has 0 spiro atoms. The number of nitrogens with one attached hydrogen (secondary N) is 1. The molecule has 0 aliphatic carbocycles. The summed E-state index contributed by atoms with van der Waals surface area (Å²) in [5.74, 6) is -4.80. The van der Waals surface area contributed by atoms with Crippen LogP contribution in [0.5, 0.6) is 0 Å². The van der Waals surface area contributed by atoms with Crippen molar-refractivity contribution in [2.45, 2.75) is 17.1 Å². The topological polar surface area (TPSA) is 29.1 Å². The number of anilines is 1. The number of halogens is 3. The van der Waals surface area contributed by atoms with Gasteiger partial charge >= 0.3 is 0 Å². The van der Waals surface area contributed by atoms with Gasteiger partial charge in [-0.15, -0.1) is 11.8 Å². The Morgan fingerprint density at radius 2 is 1.68 bits per heavy atom. The van der Waals surface area contributed by atoms with Crippen LogP contribution in [0.25, 0.3) is 10.8 Å². The lowest BCUT2D eigenvalue weighted by molar-refractivity contribution is -0.115. The molecular weight excluding hydrogens is 347 g/mol. The van der Waals surface area contributed by atoms with E-state index in [4.69, 9.17) is 0 Å². The fourth-order valence-electron chi connectivity index (χ4n) is 2.36. The molecule has 25 heavy (non-hydrogen) atoms. The predicted molar refractivity (Wildman–Crippen MR) is 94.2 cm³/mol. The highest BCUT2D eigenvalue weighted by Crippen LogP contribution is 2.28. The molecule has 0 heterocycles. The maximum absolute atomic E-state index is 13.7. The smallest absolute Gasteiger partial charge is 0.237 e. The average Bonchev–Trinajstić information content (AvgIpc) is 2.62. The third-order valence-electron chi connectivity index (χ3n) is 3.70. The van der Waals surface area contributed by atoms with E-state index >= 15 is 0 Å². The molecule has 2 nitrogen and oxygen atoms in total. The van der Waals surface area contributed by atoms with Gasteiger partial charge in [0, 0.05) is 4.90 Å². The van der Waals surface area contributed by atoms with Crippen molar-refractivity contribution in [2.75, 3.05) is 5.32 Å². The highest BCUT2D eigenvalue weighted by atomic mass is 32.2. The zero-order valence-corrected chi connectivity index (χ0v) is 14.0. The Morgan fingerprint density at radius 1 is 0.960 bits per heavy atom. The first-order chi connectivity index (χ1) is 12.0. The molecule has 3 aromatic rings. The van der Waals surface area contributed by atoms with Gasteiger partial charge in [0.05, 0.1) is 10.9 Å². The van der Waals surface area contributed by atoms with Crippen molar-refractivity contribution in [3.8, 4) is 0 Å². The van der Waals surface area contributed by atoms with Gasteiger partial charge in [-0.2, -0.15) is 0 Å². The second kappa shape index (κ2) is 7.19. The van der Waals surface area contributed by atoms with E-state index in [1.807, 2.05) is 42.5 Å². The summed E-state index contributed by atoms with van der Waals surface area (Å²) >= 11 is 1.30. The fourth-order valence-corrected chi connectivity index (χ4v) is 3.27. The summed E-state index contributed by atoms with van der Waals surface area (Å²) in [5, 5.41) is 3.88. The van der Waals surface area contributed by atoms with Gasteiger partial charge in [-0.1, -0.05) is 30.3 Å². The Kier molecular flexibility index (Phi) is 4.99. The summed E-state index contributed by atoms with van der Waals surface area (Å²) in [6.45, 7) is 1.66. The van der Waals surface area contributed by atoms with Crippen LogP contribution in [0.2, 0.25) is 0 Å². The van der Waals surface area contributed by atoms with Crippen LogP contribution < -0.4 is 5.32 Å². The van der Waals surface area contributed by atoms with Crippen molar-refractivity contribution >= 4 is 34.1 Å². The summed E-state index contributed by atoms with van der Waals surface area (Å²) in [4.78, 5) is 13.1. The Hall–Kier alpha value is -2.47. The molecule has 0 aliphatic heterocycles. The minimum Gasteiger partial charge on any atom is -0.323 e. The van der Waals surface area contributed by atoms with Gasteiger partial charge < -0.3 is 5.32 Å². The van der Waals surface area contributed by atoms with E-state index in [9.17, 15) is 18.0 Å². The first kappa shape index (κ1) is 17.4. The van der Waals surface area contributed by atoms with Crippen LogP contribution in [-0.4, -0.2) is 11.2 Å². The number of thioether (sulfide) groups is 1. The van der Waals surface area contributed by atoms with E-state index in [1.165, 1.54) is 11.8 Å². The van der Waals surface area contributed by atoms with E-state index in [-0.39, 0.29) is 5.69 Å². The quantitative estimate of drug-likeness (QED) is 0.500. The normalized spacial score (nSPS) is 12.2. The van der Waals surface area contributed by atoms with Crippen molar-refractivity contribution < 1.29 is 18.0 Å². The first-order valence-electron chi connectivity index (χ1n) is 7.55. The molecule has 0 aromatic heterocycles. The highest BCUT2D eigenvalue weighted by Gasteiger charge is 2.19. The largest absolute Gasteiger partial charge is 0.323 e. The molecule has 1 atom stereocenters. The highest BCUT2D eigenvalue weighted by molar-refractivity contribution is 8.00. The van der Waals surface area contributed by atoms with E-state index in [0.29, 0.717) is 0 Å². The molecule has 0 saturated carbocycles. The minimum atomic E-state index is -1.60. The second-order valence-corrected chi connectivity index (χ2v) is 6.90. The van der Waals surface area contributed by atoms with Crippen molar-refractivity contribution in [1.29, 1.82) is 0 Å². The third kappa shape index (κ3) is 3.79. The Balaban J connectivity index is 1.73. The predicted octanol–water partition coefficient (Wildman–Crippen LogP) is 5.38. The molecule has 3 rings (SSSR count). The lowest BCUT2D eigenvalue weighted by Gasteiger charge is -2.13. The maximum Gasteiger partial charge on any atom is 0.237 e. The molecule has 0 unspecified atom stereocenters. The van der Waals surface area contributed by atoms with Gasteiger partial charge in [0.1, 0.15) is 0 Å². The van der Waals surface area contributed by atoms with Crippen molar-refractivity contribution in [1.82, 2.24) is 0 Å². The average molecular weight is 361 g/mol. The third-order valence-corrected chi connectivity index (χ3v) is 4.79. The number of fused-ring (bicyclic) bond motifs is 1. The molecule has 0 saturated heterocycles. The Labute approximate surface area is 147 Å². The van der Waals surface area contributed by atoms with E-state index in [1.54, 1.807) is 6.92 Å². The van der Waals surface area contributed by atoms with Crippen LogP contribution in [0.3, 0.4) is 0 Å². The molecule has 0 bridgehead atoms. The number of amides is 1. The van der Waals surface area contributed by atoms with Crippen LogP contribution in [0.15, 0.2) is 59.5 Å². The molecule has 128 valence electrons. The monoisotopic (exact) mass is 361 g/mol. The van der Waals surface area contributed by atoms with Crippen LogP contribution in [0.4, 0.5) is 18.9 Å². The number of rotatable bonds is 4. The van der Waals surface area contributed by atoms with Gasteiger partial charge in [-0.3, -0.25) is 4.79 Å². The fraction of sp³-hybridized carbons (Fsp3) is 0.105. The van der Waals surface area contributed by atoms with E-state index in [2.05, 4.69) is 5.32 Å². The SMILES string of the molecule is C[C@@H](Sc1ccc2ccccc2c1)C(=O)Nc1ccc(F)c(F)c1F. The molecule has 0 radical (unpaired) electrons. The summed E-state index contributed by atoms with van der Waals surface area (Å²) in [6, 6.07) is 15.4. The summed E-state index contributed by atoms with van der Waals surface area (Å²) in [7, 11) is 0. The summed E-state index contributed by atoms with van der Waals surface area (Å²) in [5.41, 5.74) is -0.380. The number of carbonyl (C=O) groups excluding carboxylic acids is 1. The lowest BCUT2D eigenvalue weighted by Crippen LogP contribution is -2.23. The molecular formula is C19H14F3NOS. The number of hydrogen-bond donors (Lipinski definition) is 1. The first-order valence-corrected chi connectivity index (χ1v) is 8.43. The Bertz CT molecular complexity index is 945. The van der Waals surface area contributed by atoms with Gasteiger partial charge in [-0.25, -0.2) is 13.2 Å². The standard InChI is InChI=1S/C19H14F3NOS/c1-11(19(24)23-16-9-8-15(20)17(21)18(16)22)25-14-7-6-12-4-2-3-5-13(12)10-14/h2-11H,1H3,(H,23,24)/t11-/m1/s1. The molecule has 1 N–H and O–H groups in total.